The molecule has 0 atom stereocenters. The summed E-state index contributed by atoms with van der Waals surface area (Å²) in [5.41, 5.74) is 0.713. The molecule has 1 N–H and O–H groups in total. The van der Waals surface area contributed by atoms with Gasteiger partial charge in [-0.2, -0.15) is 0 Å². The summed E-state index contributed by atoms with van der Waals surface area (Å²) in [5, 5.41) is 2.76. The van der Waals surface area contributed by atoms with Crippen LogP contribution in [-0.2, 0) is 4.79 Å². The average molecular weight is 304 g/mol. The first-order chi connectivity index (χ1) is 10.4. The fourth-order valence-corrected chi connectivity index (χ4v) is 2.22. The second-order valence-corrected chi connectivity index (χ2v) is 5.59. The molecule has 0 spiro atoms. The number of rotatable bonds is 2. The maximum absolute atomic E-state index is 12.8. The average Bonchev–Trinajstić information content (AvgIpc) is 2.48. The zero-order valence-electron chi connectivity index (χ0n) is 12.1. The molecule has 0 aliphatic carbocycles. The lowest BCUT2D eigenvalue weighted by molar-refractivity contribution is -0.129. The van der Waals surface area contributed by atoms with Crippen LogP contribution in [0.3, 0.4) is 0 Å². The number of carbonyl (C=O) groups excluding carboxylic acids is 1. The van der Waals surface area contributed by atoms with E-state index in [2.05, 4.69) is 10.3 Å². The van der Waals surface area contributed by atoms with E-state index in [0.717, 1.165) is 6.20 Å². The van der Waals surface area contributed by atoms with Gasteiger partial charge in [-0.15, -0.1) is 0 Å². The summed E-state index contributed by atoms with van der Waals surface area (Å²) in [6.45, 7) is 3.33. The topological polar surface area (TPSA) is 51.2 Å². The normalized spacial score (nSPS) is 16.0. The Balaban J connectivity index is 2.01. The first-order valence-corrected chi connectivity index (χ1v) is 6.75. The van der Waals surface area contributed by atoms with E-state index in [-0.39, 0.29) is 11.5 Å². The third-order valence-corrected chi connectivity index (χ3v) is 3.49. The number of amides is 1. The van der Waals surface area contributed by atoms with Gasteiger partial charge in [0.25, 0.3) is 12.3 Å². The van der Waals surface area contributed by atoms with Crippen LogP contribution in [-0.4, -0.2) is 16.5 Å². The summed E-state index contributed by atoms with van der Waals surface area (Å²) in [6, 6.07) is 6.52. The van der Waals surface area contributed by atoms with Crippen molar-refractivity contribution in [3.63, 3.8) is 0 Å². The quantitative estimate of drug-likeness (QED) is 0.918. The van der Waals surface area contributed by atoms with Crippen LogP contribution in [0.25, 0.3) is 11.1 Å². The van der Waals surface area contributed by atoms with Crippen molar-refractivity contribution in [2.75, 3.05) is 5.32 Å². The van der Waals surface area contributed by atoms with E-state index in [1.807, 2.05) is 0 Å². The number of halogens is 2. The Hall–Kier alpha value is -2.50. The SMILES string of the molecule is CC1(C)Oc2cc(-c3cncc(C(F)F)c3)ccc2NC1=O. The second kappa shape index (κ2) is 5.05. The number of hydrogen-bond donors (Lipinski definition) is 1. The number of ether oxygens (including phenoxy) is 1. The van der Waals surface area contributed by atoms with Crippen molar-refractivity contribution in [1.82, 2.24) is 4.98 Å². The van der Waals surface area contributed by atoms with Crippen molar-refractivity contribution in [2.45, 2.75) is 25.9 Å². The lowest BCUT2D eigenvalue weighted by atomic mass is 10.0. The number of anilines is 1. The first-order valence-electron chi connectivity index (χ1n) is 6.75. The van der Waals surface area contributed by atoms with E-state index >= 15 is 0 Å². The van der Waals surface area contributed by atoms with Crippen molar-refractivity contribution in [3.05, 3.63) is 42.2 Å². The molecule has 22 heavy (non-hydrogen) atoms. The Bertz CT molecular complexity index is 745. The molecular weight excluding hydrogens is 290 g/mol. The van der Waals surface area contributed by atoms with Crippen LogP contribution < -0.4 is 10.1 Å². The van der Waals surface area contributed by atoms with Gasteiger partial charge in [0.15, 0.2) is 5.60 Å². The van der Waals surface area contributed by atoms with Crippen LogP contribution >= 0.6 is 0 Å². The molecular formula is C16H14F2N2O2. The molecule has 0 unspecified atom stereocenters. The van der Waals surface area contributed by atoms with Gasteiger partial charge in [0.1, 0.15) is 5.75 Å². The minimum absolute atomic E-state index is 0.134. The van der Waals surface area contributed by atoms with Gasteiger partial charge >= 0.3 is 0 Å². The van der Waals surface area contributed by atoms with Crippen molar-refractivity contribution in [1.29, 1.82) is 0 Å². The number of aromatic nitrogens is 1. The molecule has 0 fully saturated rings. The van der Waals surface area contributed by atoms with Gasteiger partial charge in [-0.3, -0.25) is 9.78 Å². The molecule has 2 heterocycles. The van der Waals surface area contributed by atoms with E-state index in [4.69, 9.17) is 4.74 Å². The Morgan fingerprint density at radius 1 is 1.18 bits per heavy atom. The standard InChI is InChI=1S/C16H14F2N2O2/c1-16(2)15(21)20-12-4-3-9(6-13(12)22-16)10-5-11(14(17)18)8-19-7-10/h3-8,14H,1-2H3,(H,20,21). The van der Waals surface area contributed by atoms with Gasteiger partial charge in [0, 0.05) is 23.5 Å². The molecule has 4 nitrogen and oxygen atoms in total. The fraction of sp³-hybridized carbons (Fsp3) is 0.250. The van der Waals surface area contributed by atoms with Crippen molar-refractivity contribution >= 4 is 11.6 Å². The number of pyridine rings is 1. The van der Waals surface area contributed by atoms with Crippen LogP contribution in [0.5, 0.6) is 5.75 Å². The zero-order chi connectivity index (χ0) is 15.9. The molecule has 3 rings (SSSR count). The monoisotopic (exact) mass is 304 g/mol. The maximum Gasteiger partial charge on any atom is 0.268 e. The zero-order valence-corrected chi connectivity index (χ0v) is 12.1. The predicted octanol–water partition coefficient (Wildman–Crippen LogP) is 3.80. The predicted molar refractivity (Wildman–Crippen MR) is 78.0 cm³/mol. The third kappa shape index (κ3) is 2.52. The number of alkyl halides is 2. The van der Waals surface area contributed by atoms with E-state index < -0.39 is 12.0 Å². The Morgan fingerprint density at radius 3 is 2.68 bits per heavy atom. The molecule has 1 aromatic carbocycles. The molecule has 0 saturated heterocycles. The molecule has 1 aliphatic heterocycles. The second-order valence-electron chi connectivity index (χ2n) is 5.59. The highest BCUT2D eigenvalue weighted by atomic mass is 19.3. The Labute approximate surface area is 126 Å². The molecule has 1 amide bonds. The van der Waals surface area contributed by atoms with Crippen LogP contribution in [0.2, 0.25) is 0 Å². The van der Waals surface area contributed by atoms with Gasteiger partial charge in [0.2, 0.25) is 0 Å². The number of carbonyl (C=O) groups is 1. The lowest BCUT2D eigenvalue weighted by Gasteiger charge is -2.31. The largest absolute Gasteiger partial charge is 0.476 e. The van der Waals surface area contributed by atoms with E-state index in [1.54, 1.807) is 32.0 Å². The highest BCUT2D eigenvalue weighted by Crippen LogP contribution is 2.37. The molecule has 1 aliphatic rings. The minimum atomic E-state index is -2.57. The van der Waals surface area contributed by atoms with Crippen LogP contribution in [0, 0.1) is 0 Å². The summed E-state index contributed by atoms with van der Waals surface area (Å²) in [7, 11) is 0. The smallest absolute Gasteiger partial charge is 0.268 e. The summed E-state index contributed by atoms with van der Waals surface area (Å²) in [5.74, 6) is 0.277. The third-order valence-electron chi connectivity index (χ3n) is 3.49. The maximum atomic E-state index is 12.8. The molecule has 114 valence electrons. The van der Waals surface area contributed by atoms with Crippen molar-refractivity contribution in [2.24, 2.45) is 0 Å². The van der Waals surface area contributed by atoms with Gasteiger partial charge in [-0.05, 0) is 37.6 Å². The molecule has 0 bridgehead atoms. The van der Waals surface area contributed by atoms with Gasteiger partial charge < -0.3 is 10.1 Å². The number of benzene rings is 1. The minimum Gasteiger partial charge on any atom is -0.476 e. The fourth-order valence-electron chi connectivity index (χ4n) is 2.22. The molecule has 0 saturated carbocycles. The van der Waals surface area contributed by atoms with Crippen LogP contribution in [0.4, 0.5) is 14.5 Å². The van der Waals surface area contributed by atoms with E-state index in [1.165, 1.54) is 12.3 Å². The first kappa shape index (κ1) is 14.4. The molecule has 1 aromatic heterocycles. The van der Waals surface area contributed by atoms with Crippen molar-refractivity contribution in [3.8, 4) is 16.9 Å². The highest BCUT2D eigenvalue weighted by Gasteiger charge is 2.35. The summed E-state index contributed by atoms with van der Waals surface area (Å²) >= 11 is 0. The number of hydrogen-bond acceptors (Lipinski definition) is 3. The molecule has 2 aromatic rings. The van der Waals surface area contributed by atoms with Crippen molar-refractivity contribution < 1.29 is 18.3 Å². The van der Waals surface area contributed by atoms with Gasteiger partial charge in [-0.25, -0.2) is 8.78 Å². The van der Waals surface area contributed by atoms with Gasteiger partial charge in [0.05, 0.1) is 5.69 Å². The molecule has 6 heteroatoms. The van der Waals surface area contributed by atoms with Crippen LogP contribution in [0.15, 0.2) is 36.7 Å². The number of nitrogens with zero attached hydrogens (tertiary/aromatic N) is 1. The summed E-state index contributed by atoms with van der Waals surface area (Å²) in [6.07, 6.45) is 0.0894. The lowest BCUT2D eigenvalue weighted by Crippen LogP contribution is -2.45. The van der Waals surface area contributed by atoms with Crippen LogP contribution in [0.1, 0.15) is 25.8 Å². The molecule has 0 radical (unpaired) electrons. The van der Waals surface area contributed by atoms with Gasteiger partial charge in [-0.1, -0.05) is 6.07 Å². The Kier molecular flexibility index (Phi) is 3.31. The summed E-state index contributed by atoms with van der Waals surface area (Å²) < 4.78 is 31.2. The number of nitrogens with one attached hydrogen (secondary N) is 1. The summed E-state index contributed by atoms with van der Waals surface area (Å²) in [4.78, 5) is 15.7. The highest BCUT2D eigenvalue weighted by molar-refractivity contribution is 6.00. The van der Waals surface area contributed by atoms with E-state index in [0.29, 0.717) is 22.6 Å². The Morgan fingerprint density at radius 2 is 1.95 bits per heavy atom. The number of fused-ring (bicyclic) bond motifs is 1. The van der Waals surface area contributed by atoms with E-state index in [9.17, 15) is 13.6 Å².